The second-order valence-corrected chi connectivity index (χ2v) is 10.8. The highest BCUT2D eigenvalue weighted by Gasteiger charge is 2.50. The summed E-state index contributed by atoms with van der Waals surface area (Å²) in [6, 6.07) is 4.79. The van der Waals surface area contributed by atoms with Gasteiger partial charge in [-0.15, -0.1) is 0 Å². The lowest BCUT2D eigenvalue weighted by atomic mass is 9.60. The van der Waals surface area contributed by atoms with E-state index in [-0.39, 0.29) is 6.10 Å². The molecule has 0 heterocycles. The van der Waals surface area contributed by atoms with Crippen molar-refractivity contribution in [2.24, 2.45) is 29.1 Å². The number of benzene rings is 1. The van der Waals surface area contributed by atoms with Crippen LogP contribution in [0, 0.1) is 29.1 Å². The van der Waals surface area contributed by atoms with Crippen molar-refractivity contribution in [2.45, 2.75) is 91.6 Å². The molecule has 154 valence electrons. The van der Waals surface area contributed by atoms with Gasteiger partial charge in [-0.25, -0.2) is 0 Å². The van der Waals surface area contributed by atoms with Gasteiger partial charge in [-0.2, -0.15) is 0 Å². The van der Waals surface area contributed by atoms with Crippen LogP contribution in [0.2, 0.25) is 0 Å². The van der Waals surface area contributed by atoms with Crippen LogP contribution < -0.4 is 0 Å². The minimum Gasteiger partial charge on any atom is -0.393 e. The number of aliphatic hydroxyl groups is 1. The summed E-state index contributed by atoms with van der Waals surface area (Å²) in [7, 11) is 0. The summed E-state index contributed by atoms with van der Waals surface area (Å²) >= 11 is 0. The van der Waals surface area contributed by atoms with Crippen LogP contribution in [0.5, 0.6) is 0 Å². The average molecular weight is 381 g/mol. The van der Waals surface area contributed by atoms with Crippen LogP contribution in [0.15, 0.2) is 24.3 Å². The lowest BCUT2D eigenvalue weighted by molar-refractivity contribution is 0.140. The number of allylic oxidation sites excluding steroid dienone is 2. The molecule has 0 saturated heterocycles. The minimum absolute atomic E-state index is 0.129. The molecule has 0 unspecified atom stereocenters. The van der Waals surface area contributed by atoms with E-state index in [0.717, 1.165) is 37.0 Å². The van der Waals surface area contributed by atoms with E-state index in [9.17, 15) is 5.11 Å². The third-order valence-electron chi connectivity index (χ3n) is 8.85. The molecular formula is C27H40O. The van der Waals surface area contributed by atoms with Crippen molar-refractivity contribution in [1.29, 1.82) is 0 Å². The maximum Gasteiger partial charge on any atom is 0.0583 e. The van der Waals surface area contributed by atoms with Crippen molar-refractivity contribution in [3.63, 3.8) is 0 Å². The van der Waals surface area contributed by atoms with Crippen molar-refractivity contribution < 1.29 is 5.11 Å². The van der Waals surface area contributed by atoms with Crippen molar-refractivity contribution in [1.82, 2.24) is 0 Å². The van der Waals surface area contributed by atoms with Crippen molar-refractivity contribution in [3.05, 3.63) is 46.5 Å². The maximum atomic E-state index is 10.1. The highest BCUT2D eigenvalue weighted by molar-refractivity contribution is 5.47. The fraction of sp³-hybridized carbons (Fsp3) is 0.704. The quantitative estimate of drug-likeness (QED) is 0.594. The first-order valence-corrected chi connectivity index (χ1v) is 11.8. The molecule has 1 saturated carbocycles. The Morgan fingerprint density at radius 3 is 2.54 bits per heavy atom. The van der Waals surface area contributed by atoms with Gasteiger partial charge in [0.1, 0.15) is 0 Å². The molecule has 6 atom stereocenters. The molecule has 4 rings (SSSR count). The minimum atomic E-state index is -0.129. The zero-order valence-electron chi connectivity index (χ0n) is 18.7. The zero-order valence-corrected chi connectivity index (χ0v) is 18.7. The van der Waals surface area contributed by atoms with E-state index >= 15 is 0 Å². The Morgan fingerprint density at radius 1 is 1.00 bits per heavy atom. The molecule has 1 aromatic carbocycles. The Balaban J connectivity index is 1.58. The van der Waals surface area contributed by atoms with E-state index in [1.54, 1.807) is 16.7 Å². The van der Waals surface area contributed by atoms with Crippen LogP contribution in [0.3, 0.4) is 0 Å². The molecular weight excluding hydrogens is 340 g/mol. The van der Waals surface area contributed by atoms with Gasteiger partial charge in [0.25, 0.3) is 0 Å². The predicted octanol–water partition coefficient (Wildman–Crippen LogP) is 6.47. The van der Waals surface area contributed by atoms with E-state index in [2.05, 4.69) is 58.9 Å². The molecule has 1 N–H and O–H groups in total. The number of aliphatic hydroxyl groups excluding tert-OH is 1. The van der Waals surface area contributed by atoms with E-state index in [4.69, 9.17) is 0 Å². The second kappa shape index (κ2) is 7.63. The fourth-order valence-electron chi connectivity index (χ4n) is 6.65. The Bertz CT molecular complexity index is 745. The summed E-state index contributed by atoms with van der Waals surface area (Å²) in [5.41, 5.74) is 6.81. The molecule has 0 amide bonds. The van der Waals surface area contributed by atoms with Crippen LogP contribution in [-0.4, -0.2) is 11.2 Å². The number of fused-ring (bicyclic) bond motifs is 5. The van der Waals surface area contributed by atoms with Gasteiger partial charge < -0.3 is 5.11 Å². The van der Waals surface area contributed by atoms with Crippen molar-refractivity contribution in [2.75, 3.05) is 0 Å². The van der Waals surface area contributed by atoms with Gasteiger partial charge in [0.05, 0.1) is 6.10 Å². The molecule has 0 spiro atoms. The van der Waals surface area contributed by atoms with Crippen LogP contribution in [0.4, 0.5) is 0 Å². The first kappa shape index (κ1) is 20.2. The average Bonchev–Trinajstić information content (AvgIpc) is 3.02. The Morgan fingerprint density at radius 2 is 1.79 bits per heavy atom. The Hall–Kier alpha value is -1.08. The maximum absolute atomic E-state index is 10.1. The number of rotatable bonds is 4. The number of hydrogen-bond acceptors (Lipinski definition) is 1. The molecule has 1 heteroatoms. The molecule has 3 aliphatic rings. The monoisotopic (exact) mass is 380 g/mol. The molecule has 1 fully saturated rings. The predicted molar refractivity (Wildman–Crippen MR) is 119 cm³/mol. The van der Waals surface area contributed by atoms with E-state index in [1.165, 1.54) is 31.2 Å². The summed E-state index contributed by atoms with van der Waals surface area (Å²) in [4.78, 5) is 0. The summed E-state index contributed by atoms with van der Waals surface area (Å²) in [5.74, 6) is 3.60. The standard InChI is InChI=1S/C27H40O/c1-17(2)18(3)6-7-19(4)25-12-13-26-24-10-8-20-16-21(28)9-11-22(20)23(24)14-15-27(25,26)5/h6-8,10,17-19,21,25-26,28H,9,11-16H2,1-5H3/b7-6+/t18-,19+,21-,25-,26+,27-/m0/s1. The molecule has 0 aromatic heterocycles. The Labute approximate surface area is 172 Å². The molecule has 1 aromatic rings. The third kappa shape index (κ3) is 3.38. The number of hydrogen-bond donors (Lipinski definition) is 1. The second-order valence-electron chi connectivity index (χ2n) is 10.8. The van der Waals surface area contributed by atoms with Crippen LogP contribution in [0.1, 0.15) is 88.5 Å². The molecule has 1 nitrogen and oxygen atoms in total. The molecule has 0 radical (unpaired) electrons. The van der Waals surface area contributed by atoms with Gasteiger partial charge in [-0.05, 0) is 102 Å². The van der Waals surface area contributed by atoms with Crippen molar-refractivity contribution >= 4 is 0 Å². The van der Waals surface area contributed by atoms with Gasteiger partial charge in [0, 0.05) is 0 Å². The summed E-state index contributed by atoms with van der Waals surface area (Å²) < 4.78 is 0. The molecule has 0 bridgehead atoms. The lowest BCUT2D eigenvalue weighted by Crippen LogP contribution is -2.35. The molecule has 28 heavy (non-hydrogen) atoms. The van der Waals surface area contributed by atoms with Crippen molar-refractivity contribution in [3.8, 4) is 0 Å². The molecule has 0 aliphatic heterocycles. The van der Waals surface area contributed by atoms with Crippen LogP contribution >= 0.6 is 0 Å². The first-order valence-electron chi connectivity index (χ1n) is 11.8. The highest BCUT2D eigenvalue weighted by atomic mass is 16.3. The molecule has 3 aliphatic carbocycles. The normalized spacial score (nSPS) is 34.2. The van der Waals surface area contributed by atoms with E-state index in [1.807, 2.05) is 0 Å². The van der Waals surface area contributed by atoms with E-state index in [0.29, 0.717) is 17.3 Å². The fourth-order valence-corrected chi connectivity index (χ4v) is 6.65. The van der Waals surface area contributed by atoms with Gasteiger partial charge in [-0.3, -0.25) is 0 Å². The largest absolute Gasteiger partial charge is 0.393 e. The highest BCUT2D eigenvalue weighted by Crippen LogP contribution is 2.61. The summed E-state index contributed by atoms with van der Waals surface area (Å²) in [6.07, 6.45) is 13.1. The Kier molecular flexibility index (Phi) is 5.51. The van der Waals surface area contributed by atoms with Gasteiger partial charge in [-0.1, -0.05) is 58.9 Å². The summed E-state index contributed by atoms with van der Waals surface area (Å²) in [6.45, 7) is 12.1. The SMILES string of the molecule is CC(C)[C@@H](C)/C=C/[C@@H](C)[C@@H]1CC[C@@H]2c3ccc4c(c3CC[C@]21C)CC[C@H](O)C4. The van der Waals surface area contributed by atoms with Gasteiger partial charge in [0.2, 0.25) is 0 Å². The van der Waals surface area contributed by atoms with Crippen LogP contribution in [-0.2, 0) is 19.3 Å². The van der Waals surface area contributed by atoms with E-state index < -0.39 is 0 Å². The lowest BCUT2D eigenvalue weighted by Gasteiger charge is -2.44. The zero-order chi connectivity index (χ0) is 20.1. The summed E-state index contributed by atoms with van der Waals surface area (Å²) in [5, 5.41) is 10.1. The first-order chi connectivity index (χ1) is 13.3. The van der Waals surface area contributed by atoms with Crippen LogP contribution in [0.25, 0.3) is 0 Å². The topological polar surface area (TPSA) is 20.2 Å². The van der Waals surface area contributed by atoms with Gasteiger partial charge in [0.15, 0.2) is 0 Å². The third-order valence-corrected chi connectivity index (χ3v) is 8.85. The van der Waals surface area contributed by atoms with Gasteiger partial charge >= 0.3 is 0 Å². The smallest absolute Gasteiger partial charge is 0.0583 e.